The van der Waals surface area contributed by atoms with E-state index in [0.29, 0.717) is 0 Å². The zero-order valence-corrected chi connectivity index (χ0v) is 6.13. The molecule has 0 heterocycles. The molecule has 0 aromatic rings. The second-order valence-electron chi connectivity index (χ2n) is 0.589. The van der Waals surface area contributed by atoms with Crippen LogP contribution in [-0.2, 0) is 24.9 Å². The zero-order chi connectivity index (χ0) is 5.45. The van der Waals surface area contributed by atoms with E-state index in [1.165, 1.54) is 0 Å². The first-order chi connectivity index (χ1) is 2.24. The van der Waals surface area contributed by atoms with Crippen LogP contribution in [-0.4, -0.2) is 0 Å². The summed E-state index contributed by atoms with van der Waals surface area (Å²) >= 11 is -7.72. The molecule has 0 bridgehead atoms. The Morgan fingerprint density at radius 1 is 0.875 bits per heavy atom. The van der Waals surface area contributed by atoms with Crippen molar-refractivity contribution in [2.24, 2.45) is 0 Å². The monoisotopic (exact) mass is 196 g/mol. The minimum atomic E-state index is -7.72. The number of rotatable bonds is 0. The molecule has 0 radical (unpaired) electrons. The summed E-state index contributed by atoms with van der Waals surface area (Å²) < 4.78 is 43.2. The van der Waals surface area contributed by atoms with Gasteiger partial charge in [-0.15, -0.1) is 0 Å². The fraction of sp³-hybridized carbons (Fsp3) is 0. The van der Waals surface area contributed by atoms with Crippen LogP contribution in [0.5, 0.6) is 0 Å². The Labute approximate surface area is 70.2 Å². The maximum atomic E-state index is 8.64. The van der Waals surface area contributed by atoms with Crippen LogP contribution in [0.2, 0.25) is 0 Å². The first kappa shape index (κ1) is 16.1. The molecule has 0 saturated carbocycles. The van der Waals surface area contributed by atoms with E-state index in [0.717, 1.165) is 0 Å². The molecule has 0 rings (SSSR count). The van der Waals surface area contributed by atoms with E-state index >= 15 is 0 Å². The Kier molecular flexibility index (Phi) is 6.71. The summed E-state index contributed by atoms with van der Waals surface area (Å²) in [6, 6.07) is 0. The van der Waals surface area contributed by atoms with Gasteiger partial charge in [-0.05, 0) is 0 Å². The van der Waals surface area contributed by atoms with E-state index in [1.807, 2.05) is 0 Å². The summed E-state index contributed by atoms with van der Waals surface area (Å²) in [7, 11) is 0. The van der Waals surface area contributed by atoms with Gasteiger partial charge in [0.25, 0.3) is 0 Å². The van der Waals surface area contributed by atoms with Crippen molar-refractivity contribution in [3.8, 4) is 0 Å². The minimum absolute atomic E-state index is 0. The molecular formula is Li2O5Ru. The number of hydrogen-bond donors (Lipinski definition) is 0. The van der Waals surface area contributed by atoms with Crippen LogP contribution in [0.3, 0.4) is 0 Å². The summed E-state index contributed by atoms with van der Waals surface area (Å²) in [5.74, 6) is 0. The van der Waals surface area contributed by atoms with Crippen LogP contribution in [0, 0.1) is 0 Å². The Bertz CT molecular complexity index is 189. The van der Waals surface area contributed by atoms with E-state index < -0.39 is 14.2 Å². The third kappa shape index (κ3) is 208. The van der Waals surface area contributed by atoms with E-state index in [-0.39, 0.29) is 37.7 Å². The molecule has 40 valence electrons. The van der Waals surface area contributed by atoms with Crippen molar-refractivity contribution in [2.45, 2.75) is 0 Å². The van der Waals surface area contributed by atoms with Gasteiger partial charge in [0, 0.05) is 0 Å². The van der Waals surface area contributed by atoms with Crippen LogP contribution < -0.4 is 45.6 Å². The molecule has 8 heavy (non-hydrogen) atoms. The van der Waals surface area contributed by atoms with Gasteiger partial charge in [0.2, 0.25) is 0 Å². The van der Waals surface area contributed by atoms with Crippen molar-refractivity contribution in [2.75, 3.05) is 0 Å². The van der Waals surface area contributed by atoms with Crippen molar-refractivity contribution >= 4 is 0 Å². The van der Waals surface area contributed by atoms with Crippen LogP contribution in [0.1, 0.15) is 0 Å². The van der Waals surface area contributed by atoms with Crippen LogP contribution >= 0.6 is 0 Å². The second kappa shape index (κ2) is 3.34. The summed E-state index contributed by atoms with van der Waals surface area (Å²) in [5, 5.41) is 0. The van der Waals surface area contributed by atoms with Crippen LogP contribution in [0.25, 0.3) is 0 Å². The molecular weight excluding hydrogens is 195 g/mol. The molecule has 0 amide bonds. The topological polar surface area (TPSA) is 97.3 Å². The van der Waals surface area contributed by atoms with E-state index in [9.17, 15) is 0 Å². The van der Waals surface area contributed by atoms with E-state index in [1.54, 1.807) is 0 Å². The average molecular weight is 195 g/mol. The maximum absolute atomic E-state index is 8.64. The van der Waals surface area contributed by atoms with Gasteiger partial charge in [0.1, 0.15) is 0 Å². The summed E-state index contributed by atoms with van der Waals surface area (Å²) in [4.78, 5) is 0. The van der Waals surface area contributed by atoms with Gasteiger partial charge in [0.15, 0.2) is 0 Å². The molecule has 0 atom stereocenters. The van der Waals surface area contributed by atoms with Crippen molar-refractivity contribution in [1.82, 2.24) is 0 Å². The molecule has 0 unspecified atom stereocenters. The quantitative estimate of drug-likeness (QED) is 0.357. The molecule has 0 saturated heterocycles. The van der Waals surface area contributed by atoms with Gasteiger partial charge in [-0.25, -0.2) is 0 Å². The van der Waals surface area contributed by atoms with Crippen molar-refractivity contribution in [1.29, 1.82) is 0 Å². The normalized spacial score (nSPS) is 14.0. The van der Waals surface area contributed by atoms with E-state index in [2.05, 4.69) is 0 Å². The molecule has 8 heteroatoms. The van der Waals surface area contributed by atoms with Crippen molar-refractivity contribution < 1.29 is 70.5 Å². The molecule has 0 aliphatic carbocycles. The van der Waals surface area contributed by atoms with Crippen molar-refractivity contribution in [3.63, 3.8) is 0 Å². The number of hydrogen-bond acceptors (Lipinski definition) is 5. The Hall–Kier alpha value is 1.14. The molecule has 0 spiro atoms. The van der Waals surface area contributed by atoms with Gasteiger partial charge in [-0.3, -0.25) is 0 Å². The Morgan fingerprint density at radius 3 is 0.875 bits per heavy atom. The molecule has 0 aliphatic heterocycles. The summed E-state index contributed by atoms with van der Waals surface area (Å²) in [5.41, 5.74) is 0. The second-order valence-corrected chi connectivity index (χ2v) is 3.49. The van der Waals surface area contributed by atoms with Gasteiger partial charge < -0.3 is 0 Å². The van der Waals surface area contributed by atoms with Crippen LogP contribution in [0.4, 0.5) is 0 Å². The zero-order valence-electron chi connectivity index (χ0n) is 4.39. The predicted molar refractivity (Wildman–Crippen MR) is 2.06 cm³/mol. The predicted octanol–water partition coefficient (Wildman–Crippen LogP) is -8.73. The first-order valence-electron chi connectivity index (χ1n) is 0.722. The molecule has 0 fully saturated rings. The Balaban J connectivity index is -0.000000125. The standard InChI is InChI=1S/2Li.5O.Ru/q2*+1;;;;2*-1;. The average Bonchev–Trinajstić information content (AvgIpc) is 0.650. The van der Waals surface area contributed by atoms with Crippen molar-refractivity contribution in [3.05, 3.63) is 0 Å². The molecule has 0 aromatic carbocycles. The van der Waals surface area contributed by atoms with Gasteiger partial charge in [-0.1, -0.05) is 0 Å². The van der Waals surface area contributed by atoms with Gasteiger partial charge >= 0.3 is 70.5 Å². The van der Waals surface area contributed by atoms with Gasteiger partial charge in [0.05, 0.1) is 0 Å². The van der Waals surface area contributed by atoms with Crippen LogP contribution in [0.15, 0.2) is 0 Å². The SMILES string of the molecule is [Li+].[Li+].[O]=[Ru](=[O])(=[O])([O-])[O-]. The third-order valence-corrected chi connectivity index (χ3v) is 0. The molecule has 0 N–H and O–H groups in total. The molecule has 5 nitrogen and oxygen atoms in total. The first-order valence-corrected chi connectivity index (χ1v) is 4.27. The van der Waals surface area contributed by atoms with E-state index in [4.69, 9.17) is 18.6 Å². The fourth-order valence-corrected chi connectivity index (χ4v) is 0. The summed E-state index contributed by atoms with van der Waals surface area (Å²) in [6.07, 6.45) is 0. The molecule has 0 aliphatic rings. The third-order valence-electron chi connectivity index (χ3n) is 0. The Morgan fingerprint density at radius 2 is 0.875 bits per heavy atom. The summed E-state index contributed by atoms with van der Waals surface area (Å²) in [6.45, 7) is 0. The fourth-order valence-electron chi connectivity index (χ4n) is 0. The molecule has 0 aromatic heterocycles. The van der Waals surface area contributed by atoms with Gasteiger partial charge in [-0.2, -0.15) is 0 Å².